The molecule has 0 saturated heterocycles. The average Bonchev–Trinajstić information content (AvgIpc) is 2.74. The zero-order valence-corrected chi connectivity index (χ0v) is 10.0. The zero-order valence-electron chi connectivity index (χ0n) is 9.20. The molecular formula is C12H18N2S. The number of nitrogens with zero attached hydrogens (tertiary/aromatic N) is 1. The Balaban J connectivity index is 2.05. The first kappa shape index (κ1) is 11.0. The third-order valence-electron chi connectivity index (χ3n) is 2.80. The van der Waals surface area contributed by atoms with E-state index in [1.807, 2.05) is 31.1 Å². The van der Waals surface area contributed by atoms with E-state index >= 15 is 0 Å². The average molecular weight is 222 g/mol. The van der Waals surface area contributed by atoms with Gasteiger partial charge in [-0.1, -0.05) is 18.9 Å². The maximum atomic E-state index is 4.48. The zero-order chi connectivity index (χ0) is 10.5. The fourth-order valence-electron chi connectivity index (χ4n) is 2.02. The Bertz CT molecular complexity index is 308. The van der Waals surface area contributed by atoms with E-state index in [1.165, 1.54) is 36.3 Å². The molecule has 1 saturated carbocycles. The van der Waals surface area contributed by atoms with Gasteiger partial charge >= 0.3 is 0 Å². The topological polar surface area (TPSA) is 24.9 Å². The standard InChI is InChI=1S/C12H18N2S/c1-13-9-10-5-4-8-14-12(10)15-11-6-2-3-7-11/h4-5,8,11,13H,2-3,6-7,9H2,1H3. The monoisotopic (exact) mass is 222 g/mol. The van der Waals surface area contributed by atoms with Crippen LogP contribution in [-0.2, 0) is 6.54 Å². The Morgan fingerprint density at radius 3 is 3.00 bits per heavy atom. The lowest BCUT2D eigenvalue weighted by molar-refractivity contribution is 0.787. The molecule has 2 nitrogen and oxygen atoms in total. The summed E-state index contributed by atoms with van der Waals surface area (Å²) in [7, 11) is 1.98. The Morgan fingerprint density at radius 1 is 1.47 bits per heavy atom. The lowest BCUT2D eigenvalue weighted by atomic mass is 10.3. The number of nitrogens with one attached hydrogen (secondary N) is 1. The van der Waals surface area contributed by atoms with Crippen LogP contribution >= 0.6 is 11.8 Å². The second-order valence-electron chi connectivity index (χ2n) is 4.02. The van der Waals surface area contributed by atoms with Crippen molar-refractivity contribution < 1.29 is 0 Å². The van der Waals surface area contributed by atoms with E-state index in [-0.39, 0.29) is 0 Å². The third-order valence-corrected chi connectivity index (χ3v) is 4.19. The minimum Gasteiger partial charge on any atom is -0.316 e. The van der Waals surface area contributed by atoms with Gasteiger partial charge in [-0.3, -0.25) is 0 Å². The number of thioether (sulfide) groups is 1. The van der Waals surface area contributed by atoms with Crippen molar-refractivity contribution >= 4 is 11.8 Å². The lowest BCUT2D eigenvalue weighted by Crippen LogP contribution is -2.07. The molecule has 0 aliphatic heterocycles. The summed E-state index contributed by atoms with van der Waals surface area (Å²) in [6.45, 7) is 0.920. The minimum absolute atomic E-state index is 0.801. The van der Waals surface area contributed by atoms with Crippen molar-refractivity contribution in [2.24, 2.45) is 0 Å². The van der Waals surface area contributed by atoms with Crippen LogP contribution in [0.2, 0.25) is 0 Å². The predicted molar refractivity (Wildman–Crippen MR) is 65.1 cm³/mol. The summed E-state index contributed by atoms with van der Waals surface area (Å²) in [5, 5.41) is 5.22. The number of hydrogen-bond donors (Lipinski definition) is 1. The maximum Gasteiger partial charge on any atom is 0.101 e. The second kappa shape index (κ2) is 5.52. The fraction of sp³-hybridized carbons (Fsp3) is 0.583. The molecule has 0 aromatic carbocycles. The highest BCUT2D eigenvalue weighted by atomic mass is 32.2. The molecule has 0 unspecified atom stereocenters. The SMILES string of the molecule is CNCc1cccnc1SC1CCCC1. The van der Waals surface area contributed by atoms with Gasteiger partial charge in [-0.15, -0.1) is 11.8 Å². The van der Waals surface area contributed by atoms with E-state index < -0.39 is 0 Å². The Labute approximate surface area is 95.9 Å². The van der Waals surface area contributed by atoms with Crippen LogP contribution in [0.3, 0.4) is 0 Å². The molecule has 1 aliphatic rings. The van der Waals surface area contributed by atoms with Gasteiger partial charge in [-0.05, 0) is 31.5 Å². The molecule has 0 radical (unpaired) electrons. The predicted octanol–water partition coefficient (Wildman–Crippen LogP) is 2.84. The van der Waals surface area contributed by atoms with Crippen molar-refractivity contribution in [3.8, 4) is 0 Å². The highest BCUT2D eigenvalue weighted by Gasteiger charge is 2.17. The molecule has 1 N–H and O–H groups in total. The summed E-state index contributed by atoms with van der Waals surface area (Å²) in [5.74, 6) is 0. The minimum atomic E-state index is 0.801. The van der Waals surface area contributed by atoms with Gasteiger partial charge in [0.05, 0.1) is 0 Å². The Morgan fingerprint density at radius 2 is 2.27 bits per heavy atom. The van der Waals surface area contributed by atoms with Crippen LogP contribution in [0.15, 0.2) is 23.4 Å². The molecule has 82 valence electrons. The summed E-state index contributed by atoms with van der Waals surface area (Å²) in [6, 6.07) is 4.19. The summed E-state index contributed by atoms with van der Waals surface area (Å²) in [5.41, 5.74) is 1.33. The Kier molecular flexibility index (Phi) is 4.03. The molecule has 1 aromatic rings. The first-order valence-electron chi connectivity index (χ1n) is 5.65. The summed E-state index contributed by atoms with van der Waals surface area (Å²) in [4.78, 5) is 4.48. The number of aromatic nitrogens is 1. The molecule has 3 heteroatoms. The number of rotatable bonds is 4. The highest BCUT2D eigenvalue weighted by Crippen LogP contribution is 2.34. The van der Waals surface area contributed by atoms with Gasteiger partial charge in [0.25, 0.3) is 0 Å². The normalized spacial score (nSPS) is 17.1. The van der Waals surface area contributed by atoms with Crippen LogP contribution in [0.5, 0.6) is 0 Å². The largest absolute Gasteiger partial charge is 0.316 e. The van der Waals surface area contributed by atoms with Crippen molar-refractivity contribution in [1.82, 2.24) is 10.3 Å². The smallest absolute Gasteiger partial charge is 0.101 e. The van der Waals surface area contributed by atoms with Crippen molar-refractivity contribution in [1.29, 1.82) is 0 Å². The molecule has 15 heavy (non-hydrogen) atoms. The maximum absolute atomic E-state index is 4.48. The van der Waals surface area contributed by atoms with E-state index in [0.717, 1.165) is 11.8 Å². The van der Waals surface area contributed by atoms with E-state index in [4.69, 9.17) is 0 Å². The number of pyridine rings is 1. The van der Waals surface area contributed by atoms with Crippen LogP contribution in [0.1, 0.15) is 31.2 Å². The van der Waals surface area contributed by atoms with Crippen LogP contribution < -0.4 is 5.32 Å². The highest BCUT2D eigenvalue weighted by molar-refractivity contribution is 7.99. The molecule has 0 bridgehead atoms. The van der Waals surface area contributed by atoms with Crippen LogP contribution in [0.25, 0.3) is 0 Å². The molecule has 1 heterocycles. The molecule has 0 atom stereocenters. The second-order valence-corrected chi connectivity index (χ2v) is 5.31. The third kappa shape index (κ3) is 2.95. The van der Waals surface area contributed by atoms with E-state index in [9.17, 15) is 0 Å². The van der Waals surface area contributed by atoms with Crippen LogP contribution in [0.4, 0.5) is 0 Å². The van der Waals surface area contributed by atoms with Crippen molar-refractivity contribution in [3.05, 3.63) is 23.9 Å². The van der Waals surface area contributed by atoms with Crippen molar-refractivity contribution in [2.45, 2.75) is 42.5 Å². The molecule has 1 aliphatic carbocycles. The van der Waals surface area contributed by atoms with Crippen LogP contribution in [0, 0.1) is 0 Å². The van der Waals surface area contributed by atoms with Crippen molar-refractivity contribution in [2.75, 3.05) is 7.05 Å². The van der Waals surface area contributed by atoms with Gasteiger partial charge in [-0.25, -0.2) is 4.98 Å². The molecule has 0 spiro atoms. The molecule has 0 amide bonds. The van der Waals surface area contributed by atoms with E-state index in [1.54, 1.807) is 0 Å². The fourth-order valence-corrected chi connectivity index (χ4v) is 3.32. The van der Waals surface area contributed by atoms with Crippen LogP contribution in [-0.4, -0.2) is 17.3 Å². The van der Waals surface area contributed by atoms with Crippen molar-refractivity contribution in [3.63, 3.8) is 0 Å². The molecule has 2 rings (SSSR count). The molecular weight excluding hydrogens is 204 g/mol. The first-order chi connectivity index (χ1) is 7.40. The first-order valence-corrected chi connectivity index (χ1v) is 6.53. The van der Waals surface area contributed by atoms with E-state index in [2.05, 4.69) is 16.4 Å². The number of hydrogen-bond acceptors (Lipinski definition) is 3. The van der Waals surface area contributed by atoms with E-state index in [0.29, 0.717) is 0 Å². The Hall–Kier alpha value is -0.540. The van der Waals surface area contributed by atoms with Gasteiger partial charge in [0, 0.05) is 18.0 Å². The van der Waals surface area contributed by atoms with Gasteiger partial charge in [0.15, 0.2) is 0 Å². The molecule has 1 fully saturated rings. The summed E-state index contributed by atoms with van der Waals surface area (Å²) in [6.07, 6.45) is 7.41. The quantitative estimate of drug-likeness (QED) is 0.848. The summed E-state index contributed by atoms with van der Waals surface area (Å²) >= 11 is 1.97. The molecule has 1 aromatic heterocycles. The van der Waals surface area contributed by atoms with Gasteiger partial charge in [0.2, 0.25) is 0 Å². The lowest BCUT2D eigenvalue weighted by Gasteiger charge is -2.11. The van der Waals surface area contributed by atoms with Gasteiger partial charge in [-0.2, -0.15) is 0 Å². The summed E-state index contributed by atoms with van der Waals surface area (Å²) < 4.78 is 0. The van der Waals surface area contributed by atoms with Gasteiger partial charge < -0.3 is 5.32 Å². The van der Waals surface area contributed by atoms with Gasteiger partial charge in [0.1, 0.15) is 5.03 Å².